The van der Waals surface area contributed by atoms with Crippen LogP contribution in [0.15, 0.2) is 51.7 Å². The molecule has 0 radical (unpaired) electrons. The van der Waals surface area contributed by atoms with Gasteiger partial charge in [-0.05, 0) is 36.4 Å². The second-order valence-corrected chi connectivity index (χ2v) is 8.56. The molecule has 2 aromatic heterocycles. The average Bonchev–Trinajstić information content (AvgIpc) is 3.45. The zero-order valence-electron chi connectivity index (χ0n) is 16.0. The SMILES string of the molecule is O=C(CSc1nc2ccsc2c(=O)n1NC(=O)c1ccccc1)NCC1CCCO1. The summed E-state index contributed by atoms with van der Waals surface area (Å²) >= 11 is 2.35. The molecule has 2 amide bonds. The highest BCUT2D eigenvalue weighted by molar-refractivity contribution is 7.99. The van der Waals surface area contributed by atoms with Crippen molar-refractivity contribution < 1.29 is 14.3 Å². The number of hydrogen-bond acceptors (Lipinski definition) is 7. The Morgan fingerprint density at radius 3 is 2.87 bits per heavy atom. The molecule has 10 heteroatoms. The molecule has 1 saturated heterocycles. The number of carbonyl (C=O) groups excluding carboxylic acids is 2. The Balaban J connectivity index is 1.51. The number of amides is 2. The van der Waals surface area contributed by atoms with Gasteiger partial charge in [0.1, 0.15) is 4.70 Å². The summed E-state index contributed by atoms with van der Waals surface area (Å²) in [4.78, 5) is 42.2. The number of fused-ring (bicyclic) bond motifs is 1. The maximum atomic E-state index is 12.9. The number of nitrogens with zero attached hydrogens (tertiary/aromatic N) is 2. The molecule has 3 heterocycles. The van der Waals surface area contributed by atoms with E-state index in [2.05, 4.69) is 15.7 Å². The molecule has 0 spiro atoms. The van der Waals surface area contributed by atoms with E-state index in [1.807, 2.05) is 0 Å². The van der Waals surface area contributed by atoms with Crippen LogP contribution < -0.4 is 16.3 Å². The van der Waals surface area contributed by atoms with Crippen molar-refractivity contribution in [1.82, 2.24) is 15.0 Å². The van der Waals surface area contributed by atoms with Crippen LogP contribution in [-0.2, 0) is 9.53 Å². The van der Waals surface area contributed by atoms with Crippen LogP contribution in [0.2, 0.25) is 0 Å². The number of hydrogen-bond donors (Lipinski definition) is 2. The van der Waals surface area contributed by atoms with Crippen LogP contribution in [0.4, 0.5) is 0 Å². The molecule has 1 fully saturated rings. The molecule has 1 unspecified atom stereocenters. The van der Waals surface area contributed by atoms with Crippen LogP contribution in [0, 0.1) is 0 Å². The molecule has 156 valence electrons. The summed E-state index contributed by atoms with van der Waals surface area (Å²) in [5.74, 6) is -0.549. The van der Waals surface area contributed by atoms with Crippen LogP contribution in [0.25, 0.3) is 10.2 Å². The lowest BCUT2D eigenvalue weighted by atomic mass is 10.2. The van der Waals surface area contributed by atoms with Crippen molar-refractivity contribution in [3.05, 3.63) is 57.7 Å². The first-order valence-electron chi connectivity index (χ1n) is 9.49. The molecule has 1 aromatic carbocycles. The zero-order chi connectivity index (χ0) is 20.9. The quantitative estimate of drug-likeness (QED) is 0.428. The molecule has 1 aliphatic rings. The van der Waals surface area contributed by atoms with Crippen LogP contribution in [0.3, 0.4) is 0 Å². The Morgan fingerprint density at radius 1 is 1.27 bits per heavy atom. The van der Waals surface area contributed by atoms with Gasteiger partial charge in [0.05, 0.1) is 17.4 Å². The van der Waals surface area contributed by atoms with E-state index >= 15 is 0 Å². The molecular weight excluding hydrogens is 424 g/mol. The second-order valence-electron chi connectivity index (χ2n) is 6.70. The smallest absolute Gasteiger partial charge is 0.291 e. The molecule has 0 aliphatic carbocycles. The van der Waals surface area contributed by atoms with Crippen molar-refractivity contribution >= 4 is 45.1 Å². The predicted octanol–water partition coefficient (Wildman–Crippen LogP) is 2.23. The number of thiophene rings is 1. The van der Waals surface area contributed by atoms with Gasteiger partial charge in [-0.2, -0.15) is 4.68 Å². The Bertz CT molecular complexity index is 1110. The summed E-state index contributed by atoms with van der Waals surface area (Å²) in [5, 5.41) is 4.86. The first-order valence-corrected chi connectivity index (χ1v) is 11.4. The third-order valence-electron chi connectivity index (χ3n) is 4.58. The fourth-order valence-electron chi connectivity index (χ4n) is 3.06. The van der Waals surface area contributed by atoms with E-state index in [1.54, 1.807) is 41.8 Å². The maximum Gasteiger partial charge on any atom is 0.291 e. The highest BCUT2D eigenvalue weighted by Crippen LogP contribution is 2.20. The summed E-state index contributed by atoms with van der Waals surface area (Å²) < 4.78 is 7.06. The third kappa shape index (κ3) is 4.72. The summed E-state index contributed by atoms with van der Waals surface area (Å²) in [5.41, 5.74) is 3.20. The summed E-state index contributed by atoms with van der Waals surface area (Å²) in [6.07, 6.45) is 2.00. The first kappa shape index (κ1) is 20.6. The highest BCUT2D eigenvalue weighted by Gasteiger charge is 2.19. The van der Waals surface area contributed by atoms with Gasteiger partial charge in [0.15, 0.2) is 5.16 Å². The third-order valence-corrected chi connectivity index (χ3v) is 6.41. The van der Waals surface area contributed by atoms with E-state index in [4.69, 9.17) is 4.74 Å². The Morgan fingerprint density at radius 2 is 2.10 bits per heavy atom. The van der Waals surface area contributed by atoms with Gasteiger partial charge in [-0.1, -0.05) is 30.0 Å². The molecule has 0 bridgehead atoms. The number of benzene rings is 1. The van der Waals surface area contributed by atoms with Crippen LogP contribution in [0.5, 0.6) is 0 Å². The Hall–Kier alpha value is -2.69. The predicted molar refractivity (Wildman–Crippen MR) is 117 cm³/mol. The summed E-state index contributed by atoms with van der Waals surface area (Å²) in [6, 6.07) is 10.3. The molecule has 1 atom stereocenters. The summed E-state index contributed by atoms with van der Waals surface area (Å²) in [6.45, 7) is 1.20. The number of rotatable bonds is 7. The lowest BCUT2D eigenvalue weighted by molar-refractivity contribution is -0.119. The molecule has 8 nitrogen and oxygen atoms in total. The van der Waals surface area contributed by atoms with Gasteiger partial charge in [0, 0.05) is 18.7 Å². The van der Waals surface area contributed by atoms with Crippen molar-refractivity contribution in [3.63, 3.8) is 0 Å². The minimum Gasteiger partial charge on any atom is -0.376 e. The first-order chi connectivity index (χ1) is 14.6. The fraction of sp³-hybridized carbons (Fsp3) is 0.300. The van der Waals surface area contributed by atoms with Gasteiger partial charge < -0.3 is 10.1 Å². The maximum absolute atomic E-state index is 12.9. The second kappa shape index (κ2) is 9.41. The van der Waals surface area contributed by atoms with Crippen LogP contribution in [0.1, 0.15) is 23.2 Å². The largest absolute Gasteiger partial charge is 0.376 e. The molecule has 4 rings (SSSR count). The molecule has 1 aliphatic heterocycles. The minimum atomic E-state index is -0.430. The Labute approximate surface area is 180 Å². The zero-order valence-corrected chi connectivity index (χ0v) is 17.6. The normalized spacial score (nSPS) is 15.9. The lowest BCUT2D eigenvalue weighted by Gasteiger charge is -2.14. The van der Waals surface area contributed by atoms with Crippen molar-refractivity contribution in [2.24, 2.45) is 0 Å². The Kier molecular flexibility index (Phi) is 6.46. The van der Waals surface area contributed by atoms with E-state index in [-0.39, 0.29) is 28.5 Å². The van der Waals surface area contributed by atoms with Crippen molar-refractivity contribution in [2.45, 2.75) is 24.1 Å². The van der Waals surface area contributed by atoms with Gasteiger partial charge >= 0.3 is 0 Å². The average molecular weight is 445 g/mol. The van der Waals surface area contributed by atoms with E-state index in [0.717, 1.165) is 35.9 Å². The number of nitrogens with one attached hydrogen (secondary N) is 2. The van der Waals surface area contributed by atoms with Crippen molar-refractivity contribution in [3.8, 4) is 0 Å². The van der Waals surface area contributed by atoms with E-state index in [1.165, 1.54) is 11.3 Å². The topological polar surface area (TPSA) is 102 Å². The highest BCUT2D eigenvalue weighted by atomic mass is 32.2. The molecule has 3 aromatic rings. The molecule has 0 saturated carbocycles. The molecular formula is C20H20N4O4S2. The van der Waals surface area contributed by atoms with E-state index in [9.17, 15) is 14.4 Å². The molecule has 2 N–H and O–H groups in total. The number of thioether (sulfide) groups is 1. The number of aromatic nitrogens is 2. The monoisotopic (exact) mass is 444 g/mol. The summed E-state index contributed by atoms with van der Waals surface area (Å²) in [7, 11) is 0. The number of carbonyl (C=O) groups is 2. The standard InChI is InChI=1S/C20H20N4O4S2/c25-16(21-11-14-7-4-9-28-14)12-30-20-22-15-8-10-29-17(15)19(27)24(20)23-18(26)13-5-2-1-3-6-13/h1-3,5-6,8,10,14H,4,7,9,11-12H2,(H,21,25)(H,23,26). The molecule has 30 heavy (non-hydrogen) atoms. The lowest BCUT2D eigenvalue weighted by Crippen LogP contribution is -2.36. The van der Waals surface area contributed by atoms with Gasteiger partial charge in [0.2, 0.25) is 5.91 Å². The van der Waals surface area contributed by atoms with Gasteiger partial charge in [-0.25, -0.2) is 4.98 Å². The van der Waals surface area contributed by atoms with Gasteiger partial charge in [-0.3, -0.25) is 19.8 Å². The van der Waals surface area contributed by atoms with Gasteiger partial charge in [-0.15, -0.1) is 11.3 Å². The number of ether oxygens (including phenoxy) is 1. The van der Waals surface area contributed by atoms with Gasteiger partial charge in [0.25, 0.3) is 11.5 Å². The van der Waals surface area contributed by atoms with Crippen molar-refractivity contribution in [2.75, 3.05) is 24.3 Å². The van der Waals surface area contributed by atoms with Crippen LogP contribution >= 0.6 is 23.1 Å². The fourth-order valence-corrected chi connectivity index (χ4v) is 4.60. The van der Waals surface area contributed by atoms with E-state index < -0.39 is 5.91 Å². The van der Waals surface area contributed by atoms with Crippen LogP contribution in [-0.4, -0.2) is 46.5 Å². The van der Waals surface area contributed by atoms with E-state index in [0.29, 0.717) is 22.3 Å². The minimum absolute atomic E-state index is 0.0579. The van der Waals surface area contributed by atoms with Crippen molar-refractivity contribution in [1.29, 1.82) is 0 Å².